The van der Waals surface area contributed by atoms with Crippen molar-refractivity contribution in [3.63, 3.8) is 0 Å². The van der Waals surface area contributed by atoms with Crippen LogP contribution in [0.15, 0.2) is 28.7 Å². The molecule has 0 bridgehead atoms. The van der Waals surface area contributed by atoms with Crippen molar-refractivity contribution in [3.05, 3.63) is 34.3 Å². The molecule has 0 heterocycles. The minimum absolute atomic E-state index is 0.0607. The van der Waals surface area contributed by atoms with Gasteiger partial charge in [-0.3, -0.25) is 0 Å². The third kappa shape index (κ3) is 3.44. The van der Waals surface area contributed by atoms with Gasteiger partial charge in [0.1, 0.15) is 0 Å². The Labute approximate surface area is 131 Å². The van der Waals surface area contributed by atoms with E-state index in [2.05, 4.69) is 54.0 Å². The van der Waals surface area contributed by atoms with Gasteiger partial charge in [-0.15, -0.1) is 0 Å². The summed E-state index contributed by atoms with van der Waals surface area (Å²) in [6.07, 6.45) is 5.04. The zero-order valence-electron chi connectivity index (χ0n) is 12.8. The van der Waals surface area contributed by atoms with Gasteiger partial charge in [-0.2, -0.15) is 0 Å². The summed E-state index contributed by atoms with van der Waals surface area (Å²) in [5.41, 5.74) is 1.14. The maximum atomic E-state index is 10.9. The van der Waals surface area contributed by atoms with Crippen LogP contribution in [0.4, 0.5) is 0 Å². The van der Waals surface area contributed by atoms with Crippen LogP contribution in [-0.4, -0.2) is 35.7 Å². The number of aliphatic hydroxyl groups excluding tert-OH is 1. The maximum absolute atomic E-state index is 10.9. The average molecular weight is 340 g/mol. The van der Waals surface area contributed by atoms with Gasteiger partial charge in [0, 0.05) is 16.4 Å². The fraction of sp³-hybridized carbons (Fsp3) is 0.647. The van der Waals surface area contributed by atoms with Crippen molar-refractivity contribution in [1.29, 1.82) is 0 Å². The molecule has 1 N–H and O–H groups in total. The number of hydrogen-bond donors (Lipinski definition) is 1. The fourth-order valence-electron chi connectivity index (χ4n) is 3.42. The van der Waals surface area contributed by atoms with E-state index in [0.29, 0.717) is 0 Å². The highest BCUT2D eigenvalue weighted by atomic mass is 79.9. The summed E-state index contributed by atoms with van der Waals surface area (Å²) in [7, 11) is 4.22. The second-order valence-corrected chi connectivity index (χ2v) is 7.45. The first-order valence-corrected chi connectivity index (χ1v) is 8.33. The number of aliphatic hydroxyl groups is 1. The average Bonchev–Trinajstić information content (AvgIpc) is 2.39. The zero-order chi connectivity index (χ0) is 14.8. The standard InChI is InChI=1S/C17H26BrNO/c1-13-7-9-17(10-8-13,19(2)3)16(20)12-14-5-4-6-15(18)11-14/h4-6,11,13,16,20H,7-10,12H2,1-3H3. The molecule has 0 aliphatic heterocycles. The van der Waals surface area contributed by atoms with Crippen LogP contribution in [0.1, 0.15) is 38.2 Å². The van der Waals surface area contributed by atoms with Gasteiger partial charge in [-0.05, 0) is 63.4 Å². The topological polar surface area (TPSA) is 23.5 Å². The normalized spacial score (nSPS) is 28.6. The van der Waals surface area contributed by atoms with Crippen LogP contribution in [0.5, 0.6) is 0 Å². The van der Waals surface area contributed by atoms with E-state index in [1.54, 1.807) is 0 Å². The van der Waals surface area contributed by atoms with E-state index in [1.807, 2.05) is 12.1 Å². The summed E-state index contributed by atoms with van der Waals surface area (Å²) in [5, 5.41) is 10.9. The van der Waals surface area contributed by atoms with Crippen molar-refractivity contribution in [2.45, 2.75) is 50.7 Å². The highest BCUT2D eigenvalue weighted by Crippen LogP contribution is 2.38. The minimum Gasteiger partial charge on any atom is -0.391 e. The smallest absolute Gasteiger partial charge is 0.0763 e. The number of halogens is 1. The Morgan fingerprint density at radius 2 is 2.00 bits per heavy atom. The summed E-state index contributed by atoms with van der Waals surface area (Å²) in [6.45, 7) is 2.32. The fourth-order valence-corrected chi connectivity index (χ4v) is 3.86. The Morgan fingerprint density at radius 3 is 2.55 bits per heavy atom. The predicted molar refractivity (Wildman–Crippen MR) is 87.9 cm³/mol. The van der Waals surface area contributed by atoms with Gasteiger partial charge in [-0.1, -0.05) is 35.0 Å². The summed E-state index contributed by atoms with van der Waals surface area (Å²) in [4.78, 5) is 2.25. The Balaban J connectivity index is 2.13. The number of benzene rings is 1. The maximum Gasteiger partial charge on any atom is 0.0763 e. The minimum atomic E-state index is -0.306. The monoisotopic (exact) mass is 339 g/mol. The van der Waals surface area contributed by atoms with Gasteiger partial charge in [0.05, 0.1) is 6.10 Å². The van der Waals surface area contributed by atoms with Gasteiger partial charge >= 0.3 is 0 Å². The van der Waals surface area contributed by atoms with Gasteiger partial charge in [0.2, 0.25) is 0 Å². The molecule has 1 unspecified atom stereocenters. The quantitative estimate of drug-likeness (QED) is 0.900. The third-order valence-corrected chi connectivity index (χ3v) is 5.46. The number of hydrogen-bond acceptors (Lipinski definition) is 2. The largest absolute Gasteiger partial charge is 0.391 e. The molecule has 112 valence electrons. The molecule has 1 aliphatic carbocycles. The number of nitrogens with zero attached hydrogens (tertiary/aromatic N) is 1. The molecular weight excluding hydrogens is 314 g/mol. The lowest BCUT2D eigenvalue weighted by Crippen LogP contribution is -2.56. The first-order valence-electron chi connectivity index (χ1n) is 7.54. The van der Waals surface area contributed by atoms with E-state index in [9.17, 15) is 5.11 Å². The summed E-state index contributed by atoms with van der Waals surface area (Å²) >= 11 is 3.51. The molecule has 0 saturated heterocycles. The molecule has 1 fully saturated rings. The Kier molecular flexibility index (Phi) is 5.27. The first kappa shape index (κ1) is 16.0. The van der Waals surface area contributed by atoms with Gasteiger partial charge < -0.3 is 10.0 Å². The number of rotatable bonds is 4. The molecular formula is C17H26BrNO. The second kappa shape index (κ2) is 6.59. The molecule has 1 atom stereocenters. The van der Waals surface area contributed by atoms with E-state index >= 15 is 0 Å². The highest BCUT2D eigenvalue weighted by Gasteiger charge is 2.42. The second-order valence-electron chi connectivity index (χ2n) is 6.53. The van der Waals surface area contributed by atoms with Crippen molar-refractivity contribution in [1.82, 2.24) is 4.90 Å². The van der Waals surface area contributed by atoms with Gasteiger partial charge in [-0.25, -0.2) is 0 Å². The highest BCUT2D eigenvalue weighted by molar-refractivity contribution is 9.10. The molecule has 1 aromatic carbocycles. The van der Waals surface area contributed by atoms with Crippen LogP contribution in [-0.2, 0) is 6.42 Å². The summed E-state index contributed by atoms with van der Waals surface area (Å²) in [6, 6.07) is 8.28. The Hall–Kier alpha value is -0.380. The SMILES string of the molecule is CC1CCC(C(O)Cc2cccc(Br)c2)(N(C)C)CC1. The Bertz CT molecular complexity index is 438. The van der Waals surface area contributed by atoms with Crippen molar-refractivity contribution < 1.29 is 5.11 Å². The lowest BCUT2D eigenvalue weighted by molar-refractivity contribution is -0.0382. The molecule has 1 aromatic rings. The summed E-state index contributed by atoms with van der Waals surface area (Å²) < 4.78 is 1.08. The molecule has 20 heavy (non-hydrogen) atoms. The number of likely N-dealkylation sites (N-methyl/N-ethyl adjacent to an activating group) is 1. The van der Waals surface area contributed by atoms with E-state index in [4.69, 9.17) is 0 Å². The van der Waals surface area contributed by atoms with Crippen LogP contribution in [0.2, 0.25) is 0 Å². The van der Waals surface area contributed by atoms with Gasteiger partial charge in [0.25, 0.3) is 0 Å². The van der Waals surface area contributed by atoms with Crippen molar-refractivity contribution in [3.8, 4) is 0 Å². The van der Waals surface area contributed by atoms with Crippen LogP contribution in [0.3, 0.4) is 0 Å². The Morgan fingerprint density at radius 1 is 1.35 bits per heavy atom. The molecule has 1 saturated carbocycles. The van der Waals surface area contributed by atoms with Crippen LogP contribution in [0.25, 0.3) is 0 Å². The van der Waals surface area contributed by atoms with Crippen molar-refractivity contribution >= 4 is 15.9 Å². The van der Waals surface area contributed by atoms with E-state index in [0.717, 1.165) is 29.7 Å². The first-order chi connectivity index (χ1) is 9.44. The zero-order valence-corrected chi connectivity index (χ0v) is 14.4. The predicted octanol–water partition coefficient (Wildman–Crippen LogP) is 3.86. The van der Waals surface area contributed by atoms with Crippen molar-refractivity contribution in [2.75, 3.05) is 14.1 Å². The van der Waals surface area contributed by atoms with Crippen LogP contribution >= 0.6 is 15.9 Å². The molecule has 0 amide bonds. The molecule has 0 aromatic heterocycles. The van der Waals surface area contributed by atoms with E-state index in [-0.39, 0.29) is 11.6 Å². The van der Waals surface area contributed by atoms with Crippen LogP contribution < -0.4 is 0 Å². The van der Waals surface area contributed by atoms with E-state index < -0.39 is 0 Å². The van der Waals surface area contributed by atoms with Crippen molar-refractivity contribution in [2.24, 2.45) is 5.92 Å². The van der Waals surface area contributed by atoms with E-state index in [1.165, 1.54) is 18.4 Å². The lowest BCUT2D eigenvalue weighted by Gasteiger charge is -2.47. The molecule has 2 nitrogen and oxygen atoms in total. The van der Waals surface area contributed by atoms with Crippen LogP contribution in [0, 0.1) is 5.92 Å². The molecule has 0 radical (unpaired) electrons. The third-order valence-electron chi connectivity index (χ3n) is 4.97. The molecule has 0 spiro atoms. The summed E-state index contributed by atoms with van der Waals surface area (Å²) in [5.74, 6) is 0.793. The van der Waals surface area contributed by atoms with Gasteiger partial charge in [0.15, 0.2) is 0 Å². The molecule has 1 aliphatic rings. The molecule has 2 rings (SSSR count). The molecule has 3 heteroatoms. The lowest BCUT2D eigenvalue weighted by atomic mass is 9.72.